The second-order valence-electron chi connectivity index (χ2n) is 5.71. The third-order valence-electron chi connectivity index (χ3n) is 5.38. The minimum Gasteiger partial charge on any atom is -0.198 e. The summed E-state index contributed by atoms with van der Waals surface area (Å²) in [5, 5.41) is 9.11. The lowest BCUT2D eigenvalue weighted by molar-refractivity contribution is 0.184. The molecule has 0 saturated heterocycles. The second kappa shape index (κ2) is 2.24. The van der Waals surface area contributed by atoms with Gasteiger partial charge in [-0.15, -0.1) is 0 Å². The van der Waals surface area contributed by atoms with Crippen LogP contribution in [0.2, 0.25) is 0 Å². The standard InChI is InChI=1S/C13H15N/c14-6-10-4-9-5-11(10)13-8-2-1-7(3-8)12(9)13/h1,8-13H,2-5H2. The van der Waals surface area contributed by atoms with E-state index in [-0.39, 0.29) is 0 Å². The van der Waals surface area contributed by atoms with E-state index < -0.39 is 0 Å². The summed E-state index contributed by atoms with van der Waals surface area (Å²) in [6.45, 7) is 0. The van der Waals surface area contributed by atoms with Gasteiger partial charge in [-0.2, -0.15) is 5.26 Å². The molecular formula is C13H15N. The van der Waals surface area contributed by atoms with Crippen molar-refractivity contribution in [2.45, 2.75) is 25.7 Å². The van der Waals surface area contributed by atoms with Crippen molar-refractivity contribution >= 4 is 0 Å². The molecule has 4 rings (SSSR count). The van der Waals surface area contributed by atoms with Crippen molar-refractivity contribution in [1.82, 2.24) is 0 Å². The van der Waals surface area contributed by atoms with Gasteiger partial charge in [-0.3, -0.25) is 0 Å². The highest BCUT2D eigenvalue weighted by molar-refractivity contribution is 5.29. The normalized spacial score (nSPS) is 57.2. The lowest BCUT2D eigenvalue weighted by Crippen LogP contribution is -2.29. The van der Waals surface area contributed by atoms with Gasteiger partial charge in [0.05, 0.1) is 6.07 Å². The summed E-state index contributed by atoms with van der Waals surface area (Å²) >= 11 is 0. The molecule has 0 aromatic heterocycles. The van der Waals surface area contributed by atoms with Gasteiger partial charge in [0.1, 0.15) is 0 Å². The monoisotopic (exact) mass is 185 g/mol. The zero-order valence-corrected chi connectivity index (χ0v) is 8.32. The molecule has 0 heterocycles. The fourth-order valence-electron chi connectivity index (χ4n) is 5.09. The van der Waals surface area contributed by atoms with Crippen molar-refractivity contribution in [2.24, 2.45) is 35.5 Å². The summed E-state index contributed by atoms with van der Waals surface area (Å²) in [5.41, 5.74) is 1.78. The highest BCUT2D eigenvalue weighted by Crippen LogP contribution is 2.66. The van der Waals surface area contributed by atoms with Crippen LogP contribution in [0.5, 0.6) is 0 Å². The molecule has 0 spiro atoms. The molecule has 0 amide bonds. The number of fused-ring (bicyclic) bond motifs is 9. The number of allylic oxidation sites excluding steroid dienone is 2. The molecular weight excluding hydrogens is 170 g/mol. The average molecular weight is 185 g/mol. The Morgan fingerprint density at radius 2 is 2.21 bits per heavy atom. The largest absolute Gasteiger partial charge is 0.198 e. The molecule has 14 heavy (non-hydrogen) atoms. The molecule has 0 aliphatic heterocycles. The molecule has 6 unspecified atom stereocenters. The summed E-state index contributed by atoms with van der Waals surface area (Å²) in [7, 11) is 0. The zero-order chi connectivity index (χ0) is 9.28. The molecule has 4 aliphatic carbocycles. The number of nitriles is 1. The van der Waals surface area contributed by atoms with Gasteiger partial charge < -0.3 is 0 Å². The van der Waals surface area contributed by atoms with E-state index in [1.165, 1.54) is 25.7 Å². The first kappa shape index (κ1) is 7.51. The molecule has 72 valence electrons. The van der Waals surface area contributed by atoms with Gasteiger partial charge in [-0.05, 0) is 55.3 Å². The third-order valence-corrected chi connectivity index (χ3v) is 5.38. The van der Waals surface area contributed by atoms with Gasteiger partial charge in [0.25, 0.3) is 0 Å². The van der Waals surface area contributed by atoms with Gasteiger partial charge >= 0.3 is 0 Å². The highest BCUT2D eigenvalue weighted by Gasteiger charge is 2.59. The number of nitrogens with zero attached hydrogens (tertiary/aromatic N) is 1. The first-order valence-electron chi connectivity index (χ1n) is 5.97. The maximum absolute atomic E-state index is 9.11. The topological polar surface area (TPSA) is 23.8 Å². The Kier molecular flexibility index (Phi) is 1.20. The first-order chi connectivity index (χ1) is 6.88. The lowest BCUT2D eigenvalue weighted by atomic mass is 9.70. The molecule has 0 aromatic rings. The summed E-state index contributed by atoms with van der Waals surface area (Å²) in [5.74, 6) is 4.90. The van der Waals surface area contributed by atoms with Crippen LogP contribution >= 0.6 is 0 Å². The van der Waals surface area contributed by atoms with Gasteiger partial charge in [0.2, 0.25) is 0 Å². The van der Waals surface area contributed by atoms with Crippen LogP contribution < -0.4 is 0 Å². The fourth-order valence-corrected chi connectivity index (χ4v) is 5.09. The van der Waals surface area contributed by atoms with Crippen LogP contribution in [-0.4, -0.2) is 0 Å². The molecule has 6 atom stereocenters. The average Bonchev–Trinajstić information content (AvgIpc) is 2.94. The number of rotatable bonds is 0. The SMILES string of the molecule is N#CC1CC2CC1C1C3CC=C(C3)C21. The van der Waals surface area contributed by atoms with Crippen LogP contribution in [0.3, 0.4) is 0 Å². The smallest absolute Gasteiger partial charge is 0.0658 e. The van der Waals surface area contributed by atoms with E-state index in [9.17, 15) is 0 Å². The van der Waals surface area contributed by atoms with Crippen molar-refractivity contribution in [3.8, 4) is 6.07 Å². The van der Waals surface area contributed by atoms with Crippen LogP contribution in [0.25, 0.3) is 0 Å². The summed E-state index contributed by atoms with van der Waals surface area (Å²) in [6.07, 6.45) is 7.82. The van der Waals surface area contributed by atoms with E-state index >= 15 is 0 Å². The molecule has 0 N–H and O–H groups in total. The molecule has 1 heteroatoms. The summed E-state index contributed by atoms with van der Waals surface area (Å²) in [4.78, 5) is 0. The van der Waals surface area contributed by atoms with Gasteiger partial charge in [0.15, 0.2) is 0 Å². The van der Waals surface area contributed by atoms with E-state index in [0.717, 1.165) is 29.6 Å². The van der Waals surface area contributed by atoms with E-state index in [2.05, 4.69) is 12.1 Å². The predicted molar refractivity (Wildman–Crippen MR) is 53.1 cm³/mol. The Morgan fingerprint density at radius 1 is 1.29 bits per heavy atom. The Morgan fingerprint density at radius 3 is 3.07 bits per heavy atom. The molecule has 4 bridgehead atoms. The van der Waals surface area contributed by atoms with Gasteiger partial charge in [0, 0.05) is 5.92 Å². The van der Waals surface area contributed by atoms with E-state index in [4.69, 9.17) is 5.26 Å². The van der Waals surface area contributed by atoms with Crippen molar-refractivity contribution in [2.75, 3.05) is 0 Å². The fraction of sp³-hybridized carbons (Fsp3) is 0.769. The van der Waals surface area contributed by atoms with E-state index in [0.29, 0.717) is 5.92 Å². The quantitative estimate of drug-likeness (QED) is 0.420. The minimum absolute atomic E-state index is 0.418. The van der Waals surface area contributed by atoms with Crippen molar-refractivity contribution in [1.29, 1.82) is 5.26 Å². The Bertz CT molecular complexity index is 362. The minimum atomic E-state index is 0.418. The summed E-state index contributed by atoms with van der Waals surface area (Å²) in [6, 6.07) is 2.55. The Balaban J connectivity index is 1.77. The van der Waals surface area contributed by atoms with Crippen LogP contribution in [0, 0.1) is 46.8 Å². The maximum Gasteiger partial charge on any atom is 0.0658 e. The summed E-state index contributed by atoms with van der Waals surface area (Å²) < 4.78 is 0. The van der Waals surface area contributed by atoms with E-state index in [1.807, 2.05) is 0 Å². The van der Waals surface area contributed by atoms with Crippen LogP contribution in [0.1, 0.15) is 25.7 Å². The highest BCUT2D eigenvalue weighted by atomic mass is 14.6. The maximum atomic E-state index is 9.11. The Labute approximate surface area is 84.8 Å². The molecule has 1 nitrogen and oxygen atoms in total. The van der Waals surface area contributed by atoms with Crippen molar-refractivity contribution < 1.29 is 0 Å². The number of hydrogen-bond acceptors (Lipinski definition) is 1. The van der Waals surface area contributed by atoms with Crippen LogP contribution in [0.15, 0.2) is 11.6 Å². The zero-order valence-electron chi connectivity index (χ0n) is 8.32. The molecule has 0 aromatic carbocycles. The van der Waals surface area contributed by atoms with Crippen molar-refractivity contribution in [3.05, 3.63) is 11.6 Å². The molecule has 3 fully saturated rings. The Hall–Kier alpha value is -0.770. The van der Waals surface area contributed by atoms with Crippen LogP contribution in [-0.2, 0) is 0 Å². The van der Waals surface area contributed by atoms with E-state index in [1.54, 1.807) is 5.57 Å². The predicted octanol–water partition coefficient (Wildman–Crippen LogP) is 2.75. The molecule has 3 saturated carbocycles. The second-order valence-corrected chi connectivity index (χ2v) is 5.71. The lowest BCUT2D eigenvalue weighted by Gasteiger charge is -2.33. The number of hydrogen-bond donors (Lipinski definition) is 0. The van der Waals surface area contributed by atoms with Gasteiger partial charge in [-0.25, -0.2) is 0 Å². The first-order valence-corrected chi connectivity index (χ1v) is 5.97. The van der Waals surface area contributed by atoms with Gasteiger partial charge in [-0.1, -0.05) is 11.6 Å². The molecule has 4 aliphatic rings. The van der Waals surface area contributed by atoms with Crippen molar-refractivity contribution in [3.63, 3.8) is 0 Å². The molecule has 0 radical (unpaired) electrons. The third kappa shape index (κ3) is 0.659. The van der Waals surface area contributed by atoms with Crippen LogP contribution in [0.4, 0.5) is 0 Å².